The number of benzene rings is 2. The van der Waals surface area contributed by atoms with Crippen molar-refractivity contribution in [2.24, 2.45) is 0 Å². The van der Waals surface area contributed by atoms with E-state index in [0.717, 1.165) is 6.07 Å². The summed E-state index contributed by atoms with van der Waals surface area (Å²) in [7, 11) is 0. The fourth-order valence-corrected chi connectivity index (χ4v) is 2.93. The van der Waals surface area contributed by atoms with Crippen molar-refractivity contribution in [3.05, 3.63) is 64.9 Å². The number of amides is 1. The summed E-state index contributed by atoms with van der Waals surface area (Å²) < 4.78 is 4.66. The van der Waals surface area contributed by atoms with Crippen LogP contribution in [0.5, 0.6) is 11.6 Å². The second-order valence-electron chi connectivity index (χ2n) is 6.58. The van der Waals surface area contributed by atoms with Crippen LogP contribution in [-0.4, -0.2) is 55.1 Å². The molecule has 31 heavy (non-hydrogen) atoms. The van der Waals surface area contributed by atoms with E-state index >= 15 is 0 Å². The fourth-order valence-electron chi connectivity index (χ4n) is 2.76. The van der Waals surface area contributed by atoms with Gasteiger partial charge in [0.25, 0.3) is 5.88 Å². The summed E-state index contributed by atoms with van der Waals surface area (Å²) in [4.78, 5) is 23.3. The number of hydrogen-bond donors (Lipinski definition) is 5. The summed E-state index contributed by atoms with van der Waals surface area (Å²) in [6.07, 6.45) is -1.76. The number of phenols is 1. The molecule has 1 amide bonds. The molecular weight excluding hydrogens is 430 g/mol. The first-order chi connectivity index (χ1) is 14.7. The van der Waals surface area contributed by atoms with Gasteiger partial charge in [0.05, 0.1) is 12.6 Å². The van der Waals surface area contributed by atoms with Gasteiger partial charge in [0.15, 0.2) is 6.10 Å². The molecule has 5 N–H and O–H groups in total. The van der Waals surface area contributed by atoms with E-state index in [-0.39, 0.29) is 18.1 Å². The minimum Gasteiger partial charge on any atom is -0.507 e. The van der Waals surface area contributed by atoms with Gasteiger partial charge in [-0.25, -0.2) is 9.80 Å². The lowest BCUT2D eigenvalue weighted by atomic mass is 10.0. The number of nitrogens with one attached hydrogen (secondary N) is 1. The Kier molecular flexibility index (Phi) is 6.75. The quantitative estimate of drug-likeness (QED) is 0.326. The number of aliphatic carboxylic acids is 1. The van der Waals surface area contributed by atoms with Gasteiger partial charge < -0.3 is 24.9 Å². The van der Waals surface area contributed by atoms with Crippen LogP contribution in [0, 0.1) is 0 Å². The number of carboxylic acids is 1. The lowest BCUT2D eigenvalue weighted by Gasteiger charge is -2.24. The van der Waals surface area contributed by atoms with Crippen molar-refractivity contribution in [3.63, 3.8) is 0 Å². The molecule has 11 heteroatoms. The third-order valence-electron chi connectivity index (χ3n) is 4.26. The van der Waals surface area contributed by atoms with Crippen molar-refractivity contribution in [2.75, 3.05) is 6.54 Å². The van der Waals surface area contributed by atoms with Gasteiger partial charge in [-0.05, 0) is 34.5 Å². The maximum absolute atomic E-state index is 12.3. The standard InChI is InChI=1S/C20H18ClN3O7/c21-13-5-6-15(25)14(7-13)12-3-1-11(2-4-12)9-24(10-16(26)20(29)30)22-19(28)17-8-18(27)23-31-17/h1-8,16,25-26H,9-10H2,(H,22,28)(H,23,27)(H,29,30). The zero-order chi connectivity index (χ0) is 22.5. The number of nitrogens with zero attached hydrogens (tertiary/aromatic N) is 2. The highest BCUT2D eigenvalue weighted by atomic mass is 35.5. The number of hydrogen-bond acceptors (Lipinski definition) is 8. The van der Waals surface area contributed by atoms with Crippen LogP contribution < -0.4 is 5.43 Å². The Bertz CT molecular complexity index is 1080. The number of carboxylic acid groups (broad SMARTS) is 1. The zero-order valence-corrected chi connectivity index (χ0v) is 16.7. The van der Waals surface area contributed by atoms with Gasteiger partial charge in [0, 0.05) is 17.1 Å². The molecule has 1 unspecified atom stereocenters. The molecule has 0 bridgehead atoms. The Balaban J connectivity index is 1.77. The van der Waals surface area contributed by atoms with Crippen molar-refractivity contribution in [2.45, 2.75) is 12.6 Å². The monoisotopic (exact) mass is 447 g/mol. The van der Waals surface area contributed by atoms with Crippen LogP contribution in [0.2, 0.25) is 5.02 Å². The highest BCUT2D eigenvalue weighted by Gasteiger charge is 2.22. The van der Waals surface area contributed by atoms with Crippen LogP contribution in [0.25, 0.3) is 11.1 Å². The second kappa shape index (κ2) is 9.47. The smallest absolute Gasteiger partial charge is 0.333 e. The number of aliphatic hydroxyl groups is 1. The van der Waals surface area contributed by atoms with Gasteiger partial charge in [-0.2, -0.15) is 0 Å². The molecule has 3 aromatic rings. The maximum atomic E-state index is 12.3. The number of hydrazine groups is 1. The van der Waals surface area contributed by atoms with Crippen LogP contribution >= 0.6 is 11.6 Å². The Morgan fingerprint density at radius 3 is 2.45 bits per heavy atom. The maximum Gasteiger partial charge on any atom is 0.333 e. The van der Waals surface area contributed by atoms with E-state index < -0.39 is 30.4 Å². The molecule has 3 rings (SSSR count). The first kappa shape index (κ1) is 22.1. The van der Waals surface area contributed by atoms with E-state index in [4.69, 9.17) is 16.7 Å². The molecule has 1 heterocycles. The number of aliphatic hydroxyl groups excluding tert-OH is 1. The van der Waals surface area contributed by atoms with E-state index in [0.29, 0.717) is 21.7 Å². The van der Waals surface area contributed by atoms with E-state index in [1.165, 1.54) is 11.1 Å². The summed E-state index contributed by atoms with van der Waals surface area (Å²) in [5, 5.41) is 42.8. The van der Waals surface area contributed by atoms with E-state index in [2.05, 4.69) is 15.1 Å². The van der Waals surface area contributed by atoms with Crippen molar-refractivity contribution >= 4 is 23.5 Å². The van der Waals surface area contributed by atoms with Gasteiger partial charge >= 0.3 is 11.9 Å². The van der Waals surface area contributed by atoms with Crippen molar-refractivity contribution in [3.8, 4) is 22.8 Å². The molecule has 0 aliphatic carbocycles. The first-order valence-electron chi connectivity index (χ1n) is 8.93. The highest BCUT2D eigenvalue weighted by Crippen LogP contribution is 2.31. The number of carbonyl (C=O) groups excluding carboxylic acids is 1. The lowest BCUT2D eigenvalue weighted by Crippen LogP contribution is -2.47. The molecule has 0 spiro atoms. The highest BCUT2D eigenvalue weighted by molar-refractivity contribution is 6.31. The number of carbonyl (C=O) groups is 2. The number of rotatable bonds is 8. The Hall–Kier alpha value is -3.60. The van der Waals surface area contributed by atoms with Gasteiger partial charge in [0.1, 0.15) is 5.75 Å². The second-order valence-corrected chi connectivity index (χ2v) is 7.02. The van der Waals surface area contributed by atoms with Crippen LogP contribution in [0.15, 0.2) is 53.1 Å². The molecule has 0 fully saturated rings. The van der Waals surface area contributed by atoms with Gasteiger partial charge in [-0.15, -0.1) is 0 Å². The molecule has 10 nitrogen and oxygen atoms in total. The molecule has 0 aliphatic heterocycles. The summed E-state index contributed by atoms with van der Waals surface area (Å²) >= 11 is 5.98. The van der Waals surface area contributed by atoms with Gasteiger partial charge in [-0.3, -0.25) is 10.2 Å². The summed E-state index contributed by atoms with van der Waals surface area (Å²) in [6.45, 7) is -0.379. The predicted molar refractivity (Wildman–Crippen MR) is 108 cm³/mol. The Morgan fingerprint density at radius 2 is 1.84 bits per heavy atom. The number of halogens is 1. The van der Waals surface area contributed by atoms with Crippen molar-refractivity contribution in [1.29, 1.82) is 0 Å². The molecule has 0 saturated heterocycles. The molecular formula is C20H18ClN3O7. The average Bonchev–Trinajstić information content (AvgIpc) is 3.17. The summed E-state index contributed by atoms with van der Waals surface area (Å²) in [5.74, 6) is -2.96. The Morgan fingerprint density at radius 1 is 1.13 bits per heavy atom. The third kappa shape index (κ3) is 5.72. The first-order valence-corrected chi connectivity index (χ1v) is 9.31. The molecule has 1 aromatic heterocycles. The number of aromatic nitrogens is 1. The fraction of sp³-hybridized carbons (Fsp3) is 0.150. The van der Waals surface area contributed by atoms with Crippen LogP contribution in [0.3, 0.4) is 0 Å². The predicted octanol–water partition coefficient (Wildman–Crippen LogP) is 2.00. The largest absolute Gasteiger partial charge is 0.507 e. The molecule has 1 atom stereocenters. The van der Waals surface area contributed by atoms with Crippen LogP contribution in [-0.2, 0) is 11.3 Å². The van der Waals surface area contributed by atoms with E-state index in [1.54, 1.807) is 36.4 Å². The number of phenolic OH excluding ortho intramolecular Hbond substituents is 1. The molecule has 0 radical (unpaired) electrons. The van der Waals surface area contributed by atoms with E-state index in [1.807, 2.05) is 0 Å². The average molecular weight is 448 g/mol. The van der Waals surface area contributed by atoms with Crippen LogP contribution in [0.1, 0.15) is 16.1 Å². The van der Waals surface area contributed by atoms with Gasteiger partial charge in [-0.1, -0.05) is 35.9 Å². The number of aromatic hydroxyl groups is 2. The van der Waals surface area contributed by atoms with E-state index in [9.17, 15) is 24.9 Å². The molecule has 162 valence electrons. The molecule has 2 aromatic carbocycles. The SMILES string of the molecule is O=C(NN(Cc1ccc(-c2cc(Cl)ccc2O)cc1)CC(O)C(=O)O)c1cc(O)no1. The molecule has 0 saturated carbocycles. The summed E-state index contributed by atoms with van der Waals surface area (Å²) in [6, 6.07) is 12.5. The third-order valence-corrected chi connectivity index (χ3v) is 4.49. The Labute approximate surface area is 180 Å². The topological polar surface area (TPSA) is 156 Å². The lowest BCUT2D eigenvalue weighted by molar-refractivity contribution is -0.148. The van der Waals surface area contributed by atoms with Crippen molar-refractivity contribution in [1.82, 2.24) is 15.6 Å². The minimum absolute atomic E-state index is 0.0397. The van der Waals surface area contributed by atoms with Gasteiger partial charge in [0.2, 0.25) is 5.76 Å². The minimum atomic E-state index is -1.76. The summed E-state index contributed by atoms with van der Waals surface area (Å²) in [5.41, 5.74) is 4.32. The van der Waals surface area contributed by atoms with Crippen LogP contribution in [0.4, 0.5) is 0 Å². The molecule has 0 aliphatic rings. The zero-order valence-electron chi connectivity index (χ0n) is 15.9. The normalized spacial score (nSPS) is 12.0. The van der Waals surface area contributed by atoms with Crippen molar-refractivity contribution < 1.29 is 34.5 Å².